The first-order valence-corrected chi connectivity index (χ1v) is 10.0. The van der Waals surface area contributed by atoms with Gasteiger partial charge in [0.15, 0.2) is 0 Å². The van der Waals surface area contributed by atoms with Crippen LogP contribution in [0.5, 0.6) is 0 Å². The molecule has 0 amide bonds. The first-order chi connectivity index (χ1) is 17.8. The van der Waals surface area contributed by atoms with Crippen LogP contribution >= 0.6 is 0 Å². The number of nitrogens with zero attached hydrogens (tertiary/aromatic N) is 4. The van der Waals surface area contributed by atoms with Crippen LogP contribution in [0.2, 0.25) is 0 Å². The molecule has 0 aliphatic rings. The maximum atomic E-state index is 10.5. The van der Waals surface area contributed by atoms with Crippen LogP contribution in [0.25, 0.3) is 22.8 Å². The first kappa shape index (κ1) is 38.7. The summed E-state index contributed by atoms with van der Waals surface area (Å²) in [5.74, 6) is -6.01. The fourth-order valence-corrected chi connectivity index (χ4v) is 2.06. The van der Waals surface area contributed by atoms with E-state index in [-0.39, 0.29) is 44.8 Å². The van der Waals surface area contributed by atoms with Gasteiger partial charge in [0.2, 0.25) is 0 Å². The van der Waals surface area contributed by atoms with E-state index in [2.05, 4.69) is 19.9 Å². The Hall–Kier alpha value is -3.40. The minimum absolute atomic E-state index is 0. The van der Waals surface area contributed by atoms with Gasteiger partial charge in [-0.2, -0.15) is 26.3 Å². The monoisotopic (exact) mass is 752 g/mol. The van der Waals surface area contributed by atoms with Gasteiger partial charge in [-0.05, 0) is 48.5 Å². The number of carboxylic acid groups (broad SMARTS) is 2. The first-order valence-electron chi connectivity index (χ1n) is 10.0. The second-order valence-electron chi connectivity index (χ2n) is 6.43. The Morgan fingerprint density at radius 3 is 0.750 bits per heavy atom. The average Bonchev–Trinajstić information content (AvgIpc) is 2.91. The van der Waals surface area contributed by atoms with Crippen molar-refractivity contribution in [3.05, 3.63) is 97.6 Å². The Balaban J connectivity index is 0. The van der Waals surface area contributed by atoms with Gasteiger partial charge in [0.25, 0.3) is 0 Å². The van der Waals surface area contributed by atoms with Gasteiger partial charge in [0.05, 0.1) is 22.8 Å². The van der Waals surface area contributed by atoms with Crippen LogP contribution < -0.4 is 10.2 Å². The van der Waals surface area contributed by atoms with Gasteiger partial charge < -0.3 is 19.8 Å². The molecular weight excluding hydrogens is 738 g/mol. The Morgan fingerprint density at radius 1 is 0.475 bits per heavy atom. The Kier molecular flexibility index (Phi) is 19.0. The standard InChI is InChI=1S/2C10H8N2.2C2HF3O2.2Ag/c2*1-3-7-11-9(5-1)10-6-2-4-8-12-10;2*3-2(4,5)1(6)7;;/h2*1-8H;2*(H,6,7);;/q;;;;2*+1/p-2. The minimum Gasteiger partial charge on any atom is -0.542 e. The Bertz CT molecular complexity index is 1070. The molecule has 4 aromatic heterocycles. The van der Waals surface area contributed by atoms with Crippen molar-refractivity contribution in [1.82, 2.24) is 19.9 Å². The molecule has 0 unspecified atom stereocenters. The van der Waals surface area contributed by atoms with Gasteiger partial charge in [0.1, 0.15) is 11.9 Å². The molecule has 0 bridgehead atoms. The maximum absolute atomic E-state index is 10.5. The topological polar surface area (TPSA) is 132 Å². The molecule has 0 fully saturated rings. The smallest absolute Gasteiger partial charge is 0.542 e. The number of pyridine rings is 4. The van der Waals surface area contributed by atoms with Gasteiger partial charge >= 0.3 is 57.1 Å². The molecule has 0 saturated heterocycles. The van der Waals surface area contributed by atoms with E-state index in [0.717, 1.165) is 22.8 Å². The Labute approximate surface area is 254 Å². The number of aliphatic carboxylic acids is 2. The van der Waals surface area contributed by atoms with Crippen LogP contribution in [-0.4, -0.2) is 44.2 Å². The van der Waals surface area contributed by atoms with Crippen LogP contribution in [0.1, 0.15) is 0 Å². The van der Waals surface area contributed by atoms with Crippen molar-refractivity contribution in [3.63, 3.8) is 0 Å². The van der Waals surface area contributed by atoms with Crippen molar-refractivity contribution < 1.29 is 90.9 Å². The van der Waals surface area contributed by atoms with Gasteiger partial charge in [-0.3, -0.25) is 19.9 Å². The van der Waals surface area contributed by atoms with E-state index in [9.17, 15) is 26.3 Å². The van der Waals surface area contributed by atoms with Crippen LogP contribution in [0.3, 0.4) is 0 Å². The summed E-state index contributed by atoms with van der Waals surface area (Å²) < 4.78 is 63.1. The van der Waals surface area contributed by atoms with Crippen molar-refractivity contribution in [2.24, 2.45) is 0 Å². The molecule has 0 radical (unpaired) electrons. The second-order valence-corrected chi connectivity index (χ2v) is 6.43. The van der Waals surface area contributed by atoms with Crippen LogP contribution in [0.15, 0.2) is 97.6 Å². The molecule has 4 aromatic rings. The van der Waals surface area contributed by atoms with Gasteiger partial charge in [0, 0.05) is 24.8 Å². The summed E-state index contributed by atoms with van der Waals surface area (Å²) >= 11 is 0. The van der Waals surface area contributed by atoms with Crippen molar-refractivity contribution in [2.75, 3.05) is 0 Å². The van der Waals surface area contributed by atoms with Crippen LogP contribution in [0.4, 0.5) is 26.3 Å². The number of carboxylic acids is 2. The normalized spacial score (nSPS) is 9.75. The van der Waals surface area contributed by atoms with E-state index >= 15 is 0 Å². The molecule has 0 atom stereocenters. The Morgan fingerprint density at radius 2 is 0.650 bits per heavy atom. The van der Waals surface area contributed by atoms with Crippen molar-refractivity contribution >= 4 is 11.9 Å². The molecule has 16 heteroatoms. The number of carbonyl (C=O) groups excluding carboxylic acids is 2. The molecule has 0 spiro atoms. The van der Waals surface area contributed by atoms with E-state index in [1.165, 1.54) is 0 Å². The third-order valence-electron chi connectivity index (χ3n) is 3.65. The molecule has 8 nitrogen and oxygen atoms in total. The quantitative estimate of drug-likeness (QED) is 0.226. The molecular formula is C24H16Ag2F6N4O4. The largest absolute Gasteiger partial charge is 1.00 e. The molecule has 0 aromatic carbocycles. The molecule has 0 aliphatic carbocycles. The summed E-state index contributed by atoms with van der Waals surface area (Å²) in [5, 5.41) is 17.6. The summed E-state index contributed by atoms with van der Waals surface area (Å²) in [7, 11) is 0. The molecule has 40 heavy (non-hydrogen) atoms. The number of rotatable bonds is 2. The van der Waals surface area contributed by atoms with Crippen molar-refractivity contribution in [1.29, 1.82) is 0 Å². The third-order valence-corrected chi connectivity index (χ3v) is 3.65. The molecule has 4 rings (SSSR count). The number of alkyl halides is 6. The summed E-state index contributed by atoms with van der Waals surface area (Å²) in [4.78, 5) is 34.3. The molecule has 0 aliphatic heterocycles. The molecule has 4 heterocycles. The number of carbonyl (C=O) groups is 2. The predicted octanol–water partition coefficient (Wildman–Crippen LogP) is 2.88. The number of aromatic nitrogens is 4. The zero-order valence-corrected chi connectivity index (χ0v) is 22.5. The van der Waals surface area contributed by atoms with E-state index in [1.54, 1.807) is 24.8 Å². The predicted molar refractivity (Wildman–Crippen MR) is 117 cm³/mol. The zero-order valence-electron chi connectivity index (χ0n) is 19.5. The van der Waals surface area contributed by atoms with Crippen molar-refractivity contribution in [2.45, 2.75) is 12.4 Å². The number of halogens is 6. The van der Waals surface area contributed by atoms with Crippen LogP contribution in [-0.2, 0) is 54.3 Å². The van der Waals surface area contributed by atoms with E-state index < -0.39 is 24.3 Å². The van der Waals surface area contributed by atoms with Crippen LogP contribution in [0, 0.1) is 0 Å². The van der Waals surface area contributed by atoms with E-state index in [1.807, 2.05) is 72.8 Å². The van der Waals surface area contributed by atoms with Crippen molar-refractivity contribution in [3.8, 4) is 22.8 Å². The molecule has 0 saturated carbocycles. The minimum atomic E-state index is -5.19. The third kappa shape index (κ3) is 16.5. The number of hydrogen-bond donors (Lipinski definition) is 0. The van der Waals surface area contributed by atoms with E-state index in [0.29, 0.717) is 0 Å². The summed E-state index contributed by atoms with van der Waals surface area (Å²) in [6.07, 6.45) is -3.32. The summed E-state index contributed by atoms with van der Waals surface area (Å²) in [5.41, 5.74) is 3.66. The number of hydrogen-bond acceptors (Lipinski definition) is 8. The fraction of sp³-hybridized carbons (Fsp3) is 0.0833. The summed E-state index contributed by atoms with van der Waals surface area (Å²) in [6.45, 7) is 0. The van der Waals surface area contributed by atoms with E-state index in [4.69, 9.17) is 19.8 Å². The van der Waals surface area contributed by atoms with Gasteiger partial charge in [-0.1, -0.05) is 24.3 Å². The molecule has 220 valence electrons. The average molecular weight is 754 g/mol. The van der Waals surface area contributed by atoms with Gasteiger partial charge in [-0.25, -0.2) is 0 Å². The fourth-order valence-electron chi connectivity index (χ4n) is 2.06. The SMILES string of the molecule is O=C([O-])C(F)(F)F.O=C([O-])C(F)(F)F.[Ag+].[Ag+].c1ccc(-c2ccccn2)nc1.c1ccc(-c2ccccn2)nc1. The second kappa shape index (κ2) is 19.6. The zero-order chi connectivity index (χ0) is 28.6. The van der Waals surface area contributed by atoms with Gasteiger partial charge in [-0.15, -0.1) is 0 Å². The maximum Gasteiger partial charge on any atom is 1.00 e. The molecule has 0 N–H and O–H groups in total. The summed E-state index contributed by atoms with van der Waals surface area (Å²) in [6, 6.07) is 23.2.